The highest BCUT2D eigenvalue weighted by Crippen LogP contribution is 2.27. The molecule has 0 unspecified atom stereocenters. The number of ether oxygens (including phenoxy) is 1. The summed E-state index contributed by atoms with van der Waals surface area (Å²) in [4.78, 5) is 0.903. The summed E-state index contributed by atoms with van der Waals surface area (Å²) in [5, 5.41) is 3.23. The van der Waals surface area contributed by atoms with Gasteiger partial charge in [0, 0.05) is 17.5 Å². The van der Waals surface area contributed by atoms with E-state index in [0.717, 1.165) is 21.5 Å². The molecule has 1 aromatic heterocycles. The van der Waals surface area contributed by atoms with Crippen molar-refractivity contribution in [1.82, 2.24) is 5.32 Å². The van der Waals surface area contributed by atoms with Crippen LogP contribution in [0.4, 0.5) is 8.78 Å². The highest BCUT2D eigenvalue weighted by Gasteiger charge is 2.21. The Morgan fingerprint density at radius 1 is 1.24 bits per heavy atom. The molecule has 2 aromatic rings. The number of hydrogen-bond donors (Lipinski definition) is 1. The van der Waals surface area contributed by atoms with E-state index in [2.05, 4.69) is 21.2 Å². The molecule has 112 valence electrons. The van der Waals surface area contributed by atoms with Gasteiger partial charge >= 0.3 is 0 Å². The zero-order valence-electron chi connectivity index (χ0n) is 11.2. The summed E-state index contributed by atoms with van der Waals surface area (Å²) in [5.41, 5.74) is 0.600. The number of hydrogen-bond acceptors (Lipinski definition) is 3. The van der Waals surface area contributed by atoms with Crippen LogP contribution in [0.15, 0.2) is 28.1 Å². The normalized spacial score (nSPS) is 14.4. The maximum absolute atomic E-state index is 14.0. The van der Waals surface area contributed by atoms with Crippen LogP contribution in [-0.4, -0.2) is 6.04 Å². The topological polar surface area (TPSA) is 21.3 Å². The van der Waals surface area contributed by atoms with Gasteiger partial charge in [0.2, 0.25) is 0 Å². The van der Waals surface area contributed by atoms with Gasteiger partial charge in [-0.3, -0.25) is 0 Å². The van der Waals surface area contributed by atoms with Crippen LogP contribution in [0.5, 0.6) is 5.75 Å². The summed E-state index contributed by atoms with van der Waals surface area (Å²) >= 11 is 4.82. The standard InChI is InChI=1S/C15H14BrF2NOS/c16-14-4-3-11(21-14)8-20-15-12(17)5-9(6-13(15)18)7-19-10-1-2-10/h3-6,10,19H,1-2,7-8H2. The van der Waals surface area contributed by atoms with E-state index in [-0.39, 0.29) is 12.4 Å². The molecule has 0 saturated heterocycles. The molecule has 0 atom stereocenters. The first-order valence-corrected chi connectivity index (χ1v) is 8.31. The number of nitrogens with one attached hydrogen (secondary N) is 1. The van der Waals surface area contributed by atoms with Gasteiger partial charge in [-0.2, -0.15) is 0 Å². The molecule has 3 rings (SSSR count). The fraction of sp³-hybridized carbons (Fsp3) is 0.333. The highest BCUT2D eigenvalue weighted by atomic mass is 79.9. The first-order chi connectivity index (χ1) is 10.1. The van der Waals surface area contributed by atoms with E-state index in [4.69, 9.17) is 4.74 Å². The van der Waals surface area contributed by atoms with Gasteiger partial charge in [0.05, 0.1) is 3.79 Å². The van der Waals surface area contributed by atoms with E-state index < -0.39 is 11.6 Å². The van der Waals surface area contributed by atoms with Crippen molar-refractivity contribution in [1.29, 1.82) is 0 Å². The lowest BCUT2D eigenvalue weighted by molar-refractivity contribution is 0.276. The van der Waals surface area contributed by atoms with Crippen LogP contribution in [-0.2, 0) is 13.2 Å². The molecule has 0 amide bonds. The Hall–Kier alpha value is -0.980. The van der Waals surface area contributed by atoms with E-state index in [1.165, 1.54) is 23.5 Å². The Labute approximate surface area is 134 Å². The van der Waals surface area contributed by atoms with Crippen molar-refractivity contribution in [3.05, 3.63) is 50.1 Å². The lowest BCUT2D eigenvalue weighted by atomic mass is 10.2. The molecule has 1 heterocycles. The Bertz CT molecular complexity index is 619. The second-order valence-electron chi connectivity index (χ2n) is 5.04. The average molecular weight is 374 g/mol. The van der Waals surface area contributed by atoms with Crippen LogP contribution in [0.2, 0.25) is 0 Å². The summed E-state index contributed by atoms with van der Waals surface area (Å²) in [6.07, 6.45) is 2.28. The molecule has 1 aliphatic rings. The van der Waals surface area contributed by atoms with Gasteiger partial charge in [0.15, 0.2) is 17.4 Å². The molecule has 1 aliphatic carbocycles. The Kier molecular flexibility index (Phi) is 4.57. The number of benzene rings is 1. The van der Waals surface area contributed by atoms with Gasteiger partial charge in [-0.05, 0) is 58.6 Å². The lowest BCUT2D eigenvalue weighted by Gasteiger charge is -2.10. The second kappa shape index (κ2) is 6.42. The first kappa shape index (κ1) is 14.9. The second-order valence-corrected chi connectivity index (χ2v) is 7.59. The fourth-order valence-electron chi connectivity index (χ4n) is 1.97. The molecule has 6 heteroatoms. The molecule has 0 bridgehead atoms. The van der Waals surface area contributed by atoms with E-state index >= 15 is 0 Å². The SMILES string of the molecule is Fc1cc(CNC2CC2)cc(F)c1OCc1ccc(Br)s1. The minimum Gasteiger partial charge on any atom is -0.482 e. The molecular formula is C15H14BrF2NOS. The maximum Gasteiger partial charge on any atom is 0.191 e. The van der Waals surface area contributed by atoms with Gasteiger partial charge in [-0.15, -0.1) is 11.3 Å². The molecule has 21 heavy (non-hydrogen) atoms. The van der Waals surface area contributed by atoms with Gasteiger partial charge in [-0.1, -0.05) is 0 Å². The zero-order valence-corrected chi connectivity index (χ0v) is 13.6. The van der Waals surface area contributed by atoms with Gasteiger partial charge in [-0.25, -0.2) is 8.78 Å². The number of rotatable bonds is 6. The van der Waals surface area contributed by atoms with E-state index in [1.54, 1.807) is 0 Å². The third-order valence-corrected chi connectivity index (χ3v) is 4.82. The number of thiophene rings is 1. The van der Waals surface area contributed by atoms with Crippen LogP contribution in [0.25, 0.3) is 0 Å². The smallest absolute Gasteiger partial charge is 0.191 e. The summed E-state index contributed by atoms with van der Waals surface area (Å²) in [6, 6.07) is 6.90. The molecule has 1 saturated carbocycles. The predicted molar refractivity (Wildman–Crippen MR) is 82.6 cm³/mol. The quantitative estimate of drug-likeness (QED) is 0.797. The minimum atomic E-state index is -0.654. The Balaban J connectivity index is 1.66. The highest BCUT2D eigenvalue weighted by molar-refractivity contribution is 9.11. The van der Waals surface area contributed by atoms with Crippen molar-refractivity contribution in [3.8, 4) is 5.75 Å². The van der Waals surface area contributed by atoms with E-state index in [0.29, 0.717) is 18.2 Å². The van der Waals surface area contributed by atoms with Crippen LogP contribution < -0.4 is 10.1 Å². The molecule has 2 nitrogen and oxygen atoms in total. The Morgan fingerprint density at radius 2 is 1.95 bits per heavy atom. The average Bonchev–Trinajstić information content (AvgIpc) is 3.17. The number of halogens is 3. The van der Waals surface area contributed by atoms with Crippen molar-refractivity contribution in [2.24, 2.45) is 0 Å². The summed E-state index contributed by atoms with van der Waals surface area (Å²) < 4.78 is 34.2. The van der Waals surface area contributed by atoms with Crippen molar-refractivity contribution >= 4 is 27.3 Å². The van der Waals surface area contributed by atoms with Crippen molar-refractivity contribution in [3.63, 3.8) is 0 Å². The molecule has 1 N–H and O–H groups in total. The third-order valence-electron chi connectivity index (χ3n) is 3.22. The molecule has 1 fully saturated rings. The van der Waals surface area contributed by atoms with Gasteiger partial charge < -0.3 is 10.1 Å². The molecule has 0 spiro atoms. The maximum atomic E-state index is 14.0. The van der Waals surface area contributed by atoms with Crippen LogP contribution in [0, 0.1) is 11.6 Å². The molecule has 0 aliphatic heterocycles. The van der Waals surface area contributed by atoms with Crippen molar-refractivity contribution < 1.29 is 13.5 Å². The molecule has 0 radical (unpaired) electrons. The van der Waals surface area contributed by atoms with Crippen LogP contribution in [0.3, 0.4) is 0 Å². The molecular weight excluding hydrogens is 360 g/mol. The van der Waals surface area contributed by atoms with Crippen molar-refractivity contribution in [2.75, 3.05) is 0 Å². The van der Waals surface area contributed by atoms with Crippen molar-refractivity contribution in [2.45, 2.75) is 32.0 Å². The summed E-state index contributed by atoms with van der Waals surface area (Å²) in [6.45, 7) is 0.639. The zero-order chi connectivity index (χ0) is 14.8. The van der Waals surface area contributed by atoms with E-state index in [1.807, 2.05) is 12.1 Å². The Morgan fingerprint density at radius 3 is 2.52 bits per heavy atom. The van der Waals surface area contributed by atoms with Gasteiger partial charge in [0.1, 0.15) is 6.61 Å². The first-order valence-electron chi connectivity index (χ1n) is 6.70. The van der Waals surface area contributed by atoms with E-state index in [9.17, 15) is 8.78 Å². The van der Waals surface area contributed by atoms with Crippen LogP contribution >= 0.6 is 27.3 Å². The largest absolute Gasteiger partial charge is 0.482 e. The lowest BCUT2D eigenvalue weighted by Crippen LogP contribution is -2.15. The monoisotopic (exact) mass is 373 g/mol. The fourth-order valence-corrected chi connectivity index (χ4v) is 3.37. The van der Waals surface area contributed by atoms with Crippen LogP contribution in [0.1, 0.15) is 23.3 Å². The minimum absolute atomic E-state index is 0.157. The predicted octanol–water partition coefficient (Wildman–Crippen LogP) is 4.62. The summed E-state index contributed by atoms with van der Waals surface area (Å²) in [7, 11) is 0. The third kappa shape index (κ3) is 4.02. The van der Waals surface area contributed by atoms with Gasteiger partial charge in [0.25, 0.3) is 0 Å². The summed E-state index contributed by atoms with van der Waals surface area (Å²) in [5.74, 6) is -1.62. The molecule has 1 aromatic carbocycles.